The smallest absolute Gasteiger partial charge is 0.346 e. The Morgan fingerprint density at radius 1 is 1.53 bits per heavy atom. The summed E-state index contributed by atoms with van der Waals surface area (Å²) < 4.78 is 0. The van der Waals surface area contributed by atoms with Crippen molar-refractivity contribution in [2.75, 3.05) is 6.54 Å². The molecule has 0 aliphatic carbocycles. The van der Waals surface area contributed by atoms with Crippen LogP contribution in [0.15, 0.2) is 29.8 Å². The minimum atomic E-state index is -0.284. The summed E-state index contributed by atoms with van der Waals surface area (Å²) in [6.45, 7) is 10.6. The van der Waals surface area contributed by atoms with Gasteiger partial charge in [0.2, 0.25) is 0 Å². The zero-order valence-electron chi connectivity index (χ0n) is 11.5. The van der Waals surface area contributed by atoms with E-state index >= 15 is 0 Å². The van der Waals surface area contributed by atoms with Gasteiger partial charge in [0.1, 0.15) is 11.9 Å². The first kappa shape index (κ1) is 13.8. The Kier molecular flexibility index (Phi) is 3.49. The highest BCUT2D eigenvalue weighted by Gasteiger charge is 2.35. The Labute approximate surface area is 117 Å². The molecule has 0 radical (unpaired) electrons. The third kappa shape index (κ3) is 2.56. The maximum atomic E-state index is 11.8. The fraction of sp³-hybridized carbons (Fsp3) is 0.429. The van der Waals surface area contributed by atoms with E-state index in [4.69, 9.17) is 5.73 Å². The van der Waals surface area contributed by atoms with E-state index in [0.717, 1.165) is 4.88 Å². The van der Waals surface area contributed by atoms with Crippen molar-refractivity contribution in [2.24, 2.45) is 10.7 Å². The summed E-state index contributed by atoms with van der Waals surface area (Å²) in [7, 11) is 0. The molecule has 1 aromatic rings. The summed E-state index contributed by atoms with van der Waals surface area (Å²) in [4.78, 5) is 19.6. The molecule has 1 aliphatic rings. The second-order valence-corrected chi connectivity index (χ2v) is 6.73. The normalized spacial score (nSPS) is 19.7. The first-order valence-corrected chi connectivity index (χ1v) is 7.02. The van der Waals surface area contributed by atoms with Crippen LogP contribution in [0.5, 0.6) is 0 Å². The van der Waals surface area contributed by atoms with Crippen LogP contribution in [0.1, 0.15) is 36.6 Å². The number of carbonyl (C=O) groups excluding carboxylic acids is 1. The Balaban J connectivity index is 2.34. The summed E-state index contributed by atoms with van der Waals surface area (Å²) in [5.74, 6) is 0.370. The van der Waals surface area contributed by atoms with Crippen LogP contribution in [-0.2, 0) is 5.41 Å². The van der Waals surface area contributed by atoms with Crippen molar-refractivity contribution in [2.45, 2.75) is 32.2 Å². The van der Waals surface area contributed by atoms with E-state index in [1.54, 1.807) is 22.3 Å². The van der Waals surface area contributed by atoms with Crippen molar-refractivity contribution in [1.29, 1.82) is 0 Å². The third-order valence-electron chi connectivity index (χ3n) is 3.02. The molecule has 19 heavy (non-hydrogen) atoms. The molecule has 4 nitrogen and oxygen atoms in total. The standard InChI is InChI=1S/C14H19N3OS/c1-5-8-17-11(12(15)16-13(17)18)9-6-7-10(19-9)14(2,3)4/h5-7,11H,1,8H2,2-4H3,(H2,15,16,18). The summed E-state index contributed by atoms with van der Waals surface area (Å²) in [6.07, 6.45) is 1.69. The van der Waals surface area contributed by atoms with Crippen LogP contribution in [0, 0.1) is 0 Å². The van der Waals surface area contributed by atoms with Gasteiger partial charge in [-0.05, 0) is 17.5 Å². The SMILES string of the molecule is C=CCN1C(=O)N=C(N)C1c1ccc(C(C)(C)C)s1. The van der Waals surface area contributed by atoms with Gasteiger partial charge in [-0.15, -0.1) is 17.9 Å². The van der Waals surface area contributed by atoms with Gasteiger partial charge in [0.15, 0.2) is 0 Å². The topological polar surface area (TPSA) is 58.7 Å². The number of amides is 2. The quantitative estimate of drug-likeness (QED) is 0.863. The number of nitrogens with zero attached hydrogens (tertiary/aromatic N) is 2. The summed E-state index contributed by atoms with van der Waals surface area (Å²) >= 11 is 1.68. The first-order valence-electron chi connectivity index (χ1n) is 6.20. The molecule has 2 rings (SSSR count). The molecule has 2 heterocycles. The van der Waals surface area contributed by atoms with Crippen LogP contribution >= 0.6 is 11.3 Å². The van der Waals surface area contributed by atoms with Crippen molar-refractivity contribution in [1.82, 2.24) is 4.90 Å². The highest BCUT2D eigenvalue weighted by Crippen LogP contribution is 2.36. The zero-order chi connectivity index (χ0) is 14.2. The highest BCUT2D eigenvalue weighted by atomic mass is 32.1. The van der Waals surface area contributed by atoms with E-state index in [1.807, 2.05) is 6.07 Å². The molecule has 1 aliphatic heterocycles. The molecular formula is C14H19N3OS. The maximum absolute atomic E-state index is 11.8. The second kappa shape index (κ2) is 4.81. The van der Waals surface area contributed by atoms with Gasteiger partial charge in [-0.25, -0.2) is 4.79 Å². The lowest BCUT2D eigenvalue weighted by Crippen LogP contribution is -2.32. The molecule has 0 saturated heterocycles. The molecule has 0 spiro atoms. The summed E-state index contributed by atoms with van der Waals surface area (Å²) in [5, 5.41) is 0. The van der Waals surface area contributed by atoms with E-state index in [-0.39, 0.29) is 17.5 Å². The van der Waals surface area contributed by atoms with Crippen LogP contribution in [0.2, 0.25) is 0 Å². The average molecular weight is 277 g/mol. The Bertz CT molecular complexity index is 539. The molecule has 2 N–H and O–H groups in total. The number of thiophene rings is 1. The highest BCUT2D eigenvalue weighted by molar-refractivity contribution is 7.12. The van der Waals surface area contributed by atoms with Crippen molar-refractivity contribution in [3.63, 3.8) is 0 Å². The van der Waals surface area contributed by atoms with Crippen molar-refractivity contribution in [3.8, 4) is 0 Å². The number of nitrogens with two attached hydrogens (primary N) is 1. The molecule has 102 valence electrons. The van der Waals surface area contributed by atoms with Crippen LogP contribution < -0.4 is 5.73 Å². The second-order valence-electron chi connectivity index (χ2n) is 5.61. The van der Waals surface area contributed by atoms with E-state index in [1.165, 1.54) is 4.88 Å². The van der Waals surface area contributed by atoms with E-state index in [2.05, 4.69) is 38.4 Å². The minimum Gasteiger partial charge on any atom is -0.385 e. The number of aliphatic imine (C=N–C) groups is 1. The van der Waals surface area contributed by atoms with E-state index in [9.17, 15) is 4.79 Å². The Morgan fingerprint density at radius 3 is 2.74 bits per heavy atom. The molecule has 0 bridgehead atoms. The summed E-state index contributed by atoms with van der Waals surface area (Å²) in [6, 6.07) is 3.61. The van der Waals surface area contributed by atoms with Gasteiger partial charge in [-0.3, -0.25) is 0 Å². The van der Waals surface area contributed by atoms with Gasteiger partial charge in [0.05, 0.1) is 0 Å². The number of amidine groups is 1. The molecular weight excluding hydrogens is 258 g/mol. The minimum absolute atomic E-state index is 0.0979. The van der Waals surface area contributed by atoms with Crippen LogP contribution in [0.25, 0.3) is 0 Å². The molecule has 5 heteroatoms. The van der Waals surface area contributed by atoms with Crippen molar-refractivity contribution < 1.29 is 4.79 Å². The van der Waals surface area contributed by atoms with Crippen molar-refractivity contribution in [3.05, 3.63) is 34.5 Å². The Hall–Kier alpha value is -1.62. The fourth-order valence-corrected chi connectivity index (χ4v) is 3.22. The molecule has 0 fully saturated rings. The zero-order valence-corrected chi connectivity index (χ0v) is 12.3. The van der Waals surface area contributed by atoms with Crippen LogP contribution in [0.3, 0.4) is 0 Å². The molecule has 1 atom stereocenters. The number of carbonyl (C=O) groups is 1. The molecule has 2 amide bonds. The number of urea groups is 1. The lowest BCUT2D eigenvalue weighted by Gasteiger charge is -2.22. The predicted octanol–water partition coefficient (Wildman–Crippen LogP) is 3.07. The largest absolute Gasteiger partial charge is 0.385 e. The lowest BCUT2D eigenvalue weighted by atomic mass is 9.95. The first-order chi connectivity index (χ1) is 8.84. The fourth-order valence-electron chi connectivity index (χ4n) is 2.03. The van der Waals surface area contributed by atoms with Gasteiger partial charge < -0.3 is 10.6 Å². The van der Waals surface area contributed by atoms with Crippen LogP contribution in [-0.4, -0.2) is 23.3 Å². The number of hydrogen-bond acceptors (Lipinski definition) is 3. The lowest BCUT2D eigenvalue weighted by molar-refractivity contribution is 0.213. The molecule has 0 saturated carbocycles. The van der Waals surface area contributed by atoms with Crippen molar-refractivity contribution >= 4 is 23.2 Å². The van der Waals surface area contributed by atoms with Gasteiger partial charge in [0, 0.05) is 16.3 Å². The van der Waals surface area contributed by atoms with Gasteiger partial charge in [-0.1, -0.05) is 26.8 Å². The maximum Gasteiger partial charge on any atom is 0.346 e. The molecule has 1 unspecified atom stereocenters. The monoisotopic (exact) mass is 277 g/mol. The predicted molar refractivity (Wildman–Crippen MR) is 79.7 cm³/mol. The van der Waals surface area contributed by atoms with E-state index < -0.39 is 0 Å². The Morgan fingerprint density at radius 2 is 2.21 bits per heavy atom. The third-order valence-corrected chi connectivity index (χ3v) is 4.59. The van der Waals surface area contributed by atoms with Gasteiger partial charge in [-0.2, -0.15) is 4.99 Å². The van der Waals surface area contributed by atoms with Crippen LogP contribution in [0.4, 0.5) is 4.79 Å². The number of hydrogen-bond donors (Lipinski definition) is 1. The van der Waals surface area contributed by atoms with Gasteiger partial charge >= 0.3 is 6.03 Å². The molecule has 1 aromatic heterocycles. The average Bonchev–Trinajstić information content (AvgIpc) is 2.85. The van der Waals surface area contributed by atoms with E-state index in [0.29, 0.717) is 12.4 Å². The molecule has 0 aromatic carbocycles. The number of rotatable bonds is 3. The van der Waals surface area contributed by atoms with Gasteiger partial charge in [0.25, 0.3) is 0 Å². The summed E-state index contributed by atoms with van der Waals surface area (Å²) in [5.41, 5.74) is 6.00.